The van der Waals surface area contributed by atoms with Crippen LogP contribution in [0.25, 0.3) is 0 Å². The summed E-state index contributed by atoms with van der Waals surface area (Å²) in [5.74, 6) is -0.728. The van der Waals surface area contributed by atoms with Crippen LogP contribution in [-0.2, 0) is 4.79 Å². The van der Waals surface area contributed by atoms with Crippen molar-refractivity contribution in [1.82, 2.24) is 0 Å². The van der Waals surface area contributed by atoms with Crippen LogP contribution in [0.1, 0.15) is 50.2 Å². The van der Waals surface area contributed by atoms with Crippen molar-refractivity contribution in [2.75, 3.05) is 18.0 Å². The zero-order chi connectivity index (χ0) is 15.0. The first-order chi connectivity index (χ1) is 9.54. The van der Waals surface area contributed by atoms with Crippen molar-refractivity contribution >= 4 is 11.7 Å². The topological polar surface area (TPSA) is 40.5 Å². The Morgan fingerprint density at radius 1 is 1.15 bits per heavy atom. The molecule has 0 bridgehead atoms. The lowest BCUT2D eigenvalue weighted by Crippen LogP contribution is -2.28. The summed E-state index contributed by atoms with van der Waals surface area (Å²) in [5, 5.41) is 8.91. The number of benzene rings is 1. The molecular formula is C17H27NO2. The fraction of sp³-hybridized carbons (Fsp3) is 0.588. The van der Waals surface area contributed by atoms with Gasteiger partial charge in [-0.15, -0.1) is 0 Å². The quantitative estimate of drug-likeness (QED) is 0.689. The van der Waals surface area contributed by atoms with Gasteiger partial charge in [0.15, 0.2) is 0 Å². The van der Waals surface area contributed by atoms with E-state index in [4.69, 9.17) is 5.11 Å². The Bertz CT molecular complexity index is 429. The van der Waals surface area contributed by atoms with E-state index in [0.717, 1.165) is 13.0 Å². The van der Waals surface area contributed by atoms with Gasteiger partial charge in [0.25, 0.3) is 0 Å². The van der Waals surface area contributed by atoms with Crippen molar-refractivity contribution in [1.29, 1.82) is 0 Å². The van der Waals surface area contributed by atoms with Crippen LogP contribution in [0.2, 0.25) is 0 Å². The lowest BCUT2D eigenvalue weighted by Gasteiger charge is -2.26. The lowest BCUT2D eigenvalue weighted by atomic mass is 10.1. The van der Waals surface area contributed by atoms with Gasteiger partial charge in [0.1, 0.15) is 0 Å². The van der Waals surface area contributed by atoms with Crippen LogP contribution in [0.5, 0.6) is 0 Å². The van der Waals surface area contributed by atoms with Crippen LogP contribution in [0.3, 0.4) is 0 Å². The Balaban J connectivity index is 2.71. The molecule has 0 saturated heterocycles. The van der Waals surface area contributed by atoms with E-state index in [2.05, 4.69) is 43.9 Å². The average molecular weight is 277 g/mol. The predicted octanol–water partition coefficient (Wildman–Crippen LogP) is 4.16. The Kier molecular flexibility index (Phi) is 7.13. The molecule has 3 heteroatoms. The highest BCUT2D eigenvalue weighted by Crippen LogP contribution is 2.22. The summed E-state index contributed by atoms with van der Waals surface area (Å²) in [6, 6.07) is 6.38. The number of aliphatic carboxylic acids is 1. The van der Waals surface area contributed by atoms with Gasteiger partial charge in [-0.3, -0.25) is 4.79 Å². The van der Waals surface area contributed by atoms with Crippen LogP contribution in [0.4, 0.5) is 5.69 Å². The van der Waals surface area contributed by atoms with E-state index in [0.29, 0.717) is 6.54 Å². The molecule has 1 aromatic carbocycles. The molecule has 112 valence electrons. The predicted molar refractivity (Wildman–Crippen MR) is 84.5 cm³/mol. The molecule has 0 atom stereocenters. The van der Waals surface area contributed by atoms with E-state index in [-0.39, 0.29) is 6.42 Å². The molecule has 0 aliphatic carbocycles. The fourth-order valence-electron chi connectivity index (χ4n) is 2.47. The molecule has 0 heterocycles. The van der Waals surface area contributed by atoms with Crippen molar-refractivity contribution in [2.24, 2.45) is 0 Å². The summed E-state index contributed by atoms with van der Waals surface area (Å²) in [6.07, 6.45) is 5.01. The molecular weight excluding hydrogens is 250 g/mol. The zero-order valence-corrected chi connectivity index (χ0v) is 13.0. The SMILES string of the molecule is CCCCCCN(CCC(=O)O)c1ccc(C)cc1C. The van der Waals surface area contributed by atoms with Crippen LogP contribution in [0.15, 0.2) is 18.2 Å². The number of hydrogen-bond acceptors (Lipinski definition) is 2. The summed E-state index contributed by atoms with van der Waals surface area (Å²) in [4.78, 5) is 13.0. The van der Waals surface area contributed by atoms with Crippen molar-refractivity contribution < 1.29 is 9.90 Å². The number of carboxylic acids is 1. The third-order valence-electron chi connectivity index (χ3n) is 3.57. The number of unbranched alkanes of at least 4 members (excludes halogenated alkanes) is 3. The zero-order valence-electron chi connectivity index (χ0n) is 13.0. The number of carboxylic acid groups (broad SMARTS) is 1. The van der Waals surface area contributed by atoms with E-state index in [1.807, 2.05) is 0 Å². The Labute approximate surface area is 122 Å². The molecule has 0 radical (unpaired) electrons. The summed E-state index contributed by atoms with van der Waals surface area (Å²) in [7, 11) is 0. The maximum atomic E-state index is 10.8. The van der Waals surface area contributed by atoms with Crippen LogP contribution in [-0.4, -0.2) is 24.2 Å². The van der Waals surface area contributed by atoms with Gasteiger partial charge in [0.05, 0.1) is 6.42 Å². The number of hydrogen-bond donors (Lipinski definition) is 1. The standard InChI is InChI=1S/C17H27NO2/c1-4-5-6-7-11-18(12-10-17(19)20)16-9-8-14(2)13-15(16)3/h8-9,13H,4-7,10-12H2,1-3H3,(H,19,20). The number of nitrogens with zero attached hydrogens (tertiary/aromatic N) is 1. The average Bonchev–Trinajstić information content (AvgIpc) is 2.38. The van der Waals surface area contributed by atoms with Crippen molar-refractivity contribution in [3.63, 3.8) is 0 Å². The summed E-state index contributed by atoms with van der Waals surface area (Å²) in [6.45, 7) is 7.91. The van der Waals surface area contributed by atoms with Gasteiger partial charge in [0.2, 0.25) is 0 Å². The van der Waals surface area contributed by atoms with Gasteiger partial charge in [0, 0.05) is 18.8 Å². The Morgan fingerprint density at radius 3 is 2.50 bits per heavy atom. The second kappa shape index (κ2) is 8.62. The first-order valence-electron chi connectivity index (χ1n) is 7.58. The number of carbonyl (C=O) groups is 1. The van der Waals surface area contributed by atoms with E-state index >= 15 is 0 Å². The van der Waals surface area contributed by atoms with Gasteiger partial charge in [-0.25, -0.2) is 0 Å². The van der Waals surface area contributed by atoms with E-state index in [9.17, 15) is 4.79 Å². The highest BCUT2D eigenvalue weighted by Gasteiger charge is 2.11. The second-order valence-corrected chi connectivity index (χ2v) is 5.48. The smallest absolute Gasteiger partial charge is 0.305 e. The third kappa shape index (κ3) is 5.64. The largest absolute Gasteiger partial charge is 0.481 e. The number of rotatable bonds is 9. The molecule has 0 aromatic heterocycles. The van der Waals surface area contributed by atoms with Gasteiger partial charge >= 0.3 is 5.97 Å². The molecule has 0 aliphatic heterocycles. The Hall–Kier alpha value is -1.51. The maximum Gasteiger partial charge on any atom is 0.305 e. The molecule has 0 spiro atoms. The molecule has 0 aliphatic rings. The lowest BCUT2D eigenvalue weighted by molar-refractivity contribution is -0.136. The first-order valence-corrected chi connectivity index (χ1v) is 7.58. The van der Waals surface area contributed by atoms with Crippen LogP contribution >= 0.6 is 0 Å². The third-order valence-corrected chi connectivity index (χ3v) is 3.57. The summed E-state index contributed by atoms with van der Waals surface area (Å²) in [5.41, 5.74) is 3.65. The Morgan fingerprint density at radius 2 is 1.90 bits per heavy atom. The summed E-state index contributed by atoms with van der Waals surface area (Å²) >= 11 is 0. The highest BCUT2D eigenvalue weighted by molar-refractivity contribution is 5.68. The normalized spacial score (nSPS) is 10.6. The molecule has 1 aromatic rings. The number of aryl methyl sites for hydroxylation is 2. The van der Waals surface area contributed by atoms with E-state index < -0.39 is 5.97 Å². The molecule has 20 heavy (non-hydrogen) atoms. The monoisotopic (exact) mass is 277 g/mol. The van der Waals surface area contributed by atoms with Crippen LogP contribution < -0.4 is 4.90 Å². The van der Waals surface area contributed by atoms with Gasteiger partial charge in [-0.05, 0) is 31.9 Å². The first kappa shape index (κ1) is 16.5. The van der Waals surface area contributed by atoms with Gasteiger partial charge in [-0.2, -0.15) is 0 Å². The second-order valence-electron chi connectivity index (χ2n) is 5.48. The minimum atomic E-state index is -0.728. The highest BCUT2D eigenvalue weighted by atomic mass is 16.4. The molecule has 0 amide bonds. The minimum absolute atomic E-state index is 0.196. The van der Waals surface area contributed by atoms with Crippen molar-refractivity contribution in [2.45, 2.75) is 52.9 Å². The molecule has 0 fully saturated rings. The summed E-state index contributed by atoms with van der Waals surface area (Å²) < 4.78 is 0. The van der Waals surface area contributed by atoms with Crippen LogP contribution in [0, 0.1) is 13.8 Å². The molecule has 0 saturated carbocycles. The van der Waals surface area contributed by atoms with Gasteiger partial charge in [-0.1, -0.05) is 43.9 Å². The molecule has 0 unspecified atom stereocenters. The van der Waals surface area contributed by atoms with E-state index in [1.54, 1.807) is 0 Å². The molecule has 1 N–H and O–H groups in total. The molecule has 3 nitrogen and oxygen atoms in total. The fourth-order valence-corrected chi connectivity index (χ4v) is 2.47. The van der Waals surface area contributed by atoms with E-state index in [1.165, 1.54) is 36.1 Å². The van der Waals surface area contributed by atoms with Gasteiger partial charge < -0.3 is 10.0 Å². The van der Waals surface area contributed by atoms with Crippen molar-refractivity contribution in [3.05, 3.63) is 29.3 Å². The minimum Gasteiger partial charge on any atom is -0.481 e. The van der Waals surface area contributed by atoms with Crippen molar-refractivity contribution in [3.8, 4) is 0 Å². The number of anilines is 1. The maximum absolute atomic E-state index is 10.8. The molecule has 1 rings (SSSR count).